The maximum Gasteiger partial charge on any atom is 0.330 e. The van der Waals surface area contributed by atoms with E-state index in [1.165, 1.54) is 9.13 Å². The van der Waals surface area contributed by atoms with Crippen molar-refractivity contribution in [3.05, 3.63) is 26.7 Å². The standard InChI is InChI=1S/C17H25N5O6S/c1-3-4-5-22-15-14(16(24)19-17(22)25)20(2)12(18-15)11-28-13(23)10-21-6-8-29(26,27)9-7-21/h3-11H2,1-2H3,(H,19,24,25). The monoisotopic (exact) mass is 427 g/mol. The molecule has 160 valence electrons. The van der Waals surface area contributed by atoms with E-state index in [2.05, 4.69) is 9.97 Å². The minimum Gasteiger partial charge on any atom is -0.457 e. The molecular formula is C17H25N5O6S. The zero-order chi connectivity index (χ0) is 21.2. The number of carbonyl (C=O) groups is 1. The fourth-order valence-electron chi connectivity index (χ4n) is 3.23. The molecule has 0 atom stereocenters. The van der Waals surface area contributed by atoms with Crippen LogP contribution in [0.25, 0.3) is 11.2 Å². The topological polar surface area (TPSA) is 136 Å². The van der Waals surface area contributed by atoms with Gasteiger partial charge in [-0.2, -0.15) is 0 Å². The van der Waals surface area contributed by atoms with E-state index in [0.29, 0.717) is 25.5 Å². The molecule has 0 bridgehead atoms. The van der Waals surface area contributed by atoms with E-state index in [1.54, 1.807) is 11.9 Å². The van der Waals surface area contributed by atoms with Crippen molar-refractivity contribution in [1.82, 2.24) is 24.0 Å². The highest BCUT2D eigenvalue weighted by atomic mass is 32.2. The van der Waals surface area contributed by atoms with E-state index in [-0.39, 0.29) is 35.8 Å². The number of aromatic nitrogens is 4. The first-order valence-electron chi connectivity index (χ1n) is 9.48. The van der Waals surface area contributed by atoms with Gasteiger partial charge in [-0.1, -0.05) is 13.3 Å². The first-order valence-corrected chi connectivity index (χ1v) is 11.3. The molecule has 11 nitrogen and oxygen atoms in total. The number of unbranched alkanes of at least 4 members (excludes halogenated alkanes) is 1. The summed E-state index contributed by atoms with van der Waals surface area (Å²) in [6, 6.07) is 0. The summed E-state index contributed by atoms with van der Waals surface area (Å²) in [5, 5.41) is 0. The van der Waals surface area contributed by atoms with Gasteiger partial charge in [-0.15, -0.1) is 0 Å². The summed E-state index contributed by atoms with van der Waals surface area (Å²) in [5.74, 6) is -0.101. The van der Waals surface area contributed by atoms with E-state index >= 15 is 0 Å². The van der Waals surface area contributed by atoms with Crippen molar-refractivity contribution in [2.24, 2.45) is 7.05 Å². The Hall–Kier alpha value is -2.47. The molecular weight excluding hydrogens is 402 g/mol. The van der Waals surface area contributed by atoms with Gasteiger partial charge < -0.3 is 9.30 Å². The summed E-state index contributed by atoms with van der Waals surface area (Å²) in [6.45, 7) is 2.84. The molecule has 2 aromatic heterocycles. The smallest absolute Gasteiger partial charge is 0.330 e. The molecule has 3 heterocycles. The van der Waals surface area contributed by atoms with Crippen molar-refractivity contribution in [3.63, 3.8) is 0 Å². The van der Waals surface area contributed by atoms with E-state index in [0.717, 1.165) is 12.8 Å². The van der Waals surface area contributed by atoms with Crippen LogP contribution in [0.1, 0.15) is 25.6 Å². The second-order valence-electron chi connectivity index (χ2n) is 7.11. The average molecular weight is 427 g/mol. The zero-order valence-electron chi connectivity index (χ0n) is 16.5. The van der Waals surface area contributed by atoms with Gasteiger partial charge in [0.05, 0.1) is 18.1 Å². The fourth-order valence-corrected chi connectivity index (χ4v) is 4.50. The van der Waals surface area contributed by atoms with Crippen molar-refractivity contribution >= 4 is 27.0 Å². The molecule has 1 saturated heterocycles. The van der Waals surface area contributed by atoms with Crippen molar-refractivity contribution in [1.29, 1.82) is 0 Å². The molecule has 3 rings (SSSR count). The third kappa shape index (κ3) is 4.75. The summed E-state index contributed by atoms with van der Waals surface area (Å²) < 4.78 is 31.1. The predicted molar refractivity (Wildman–Crippen MR) is 105 cm³/mol. The Kier molecular flexibility index (Phi) is 6.22. The molecule has 0 radical (unpaired) electrons. The second-order valence-corrected chi connectivity index (χ2v) is 9.42. The summed E-state index contributed by atoms with van der Waals surface area (Å²) >= 11 is 0. The van der Waals surface area contributed by atoms with E-state index in [4.69, 9.17) is 4.74 Å². The van der Waals surface area contributed by atoms with Crippen molar-refractivity contribution in [3.8, 4) is 0 Å². The van der Waals surface area contributed by atoms with Crippen LogP contribution in [0.15, 0.2) is 9.59 Å². The number of rotatable bonds is 7. The summed E-state index contributed by atoms with van der Waals surface area (Å²) in [4.78, 5) is 44.9. The third-order valence-corrected chi connectivity index (χ3v) is 6.60. The molecule has 1 N–H and O–H groups in total. The maximum absolute atomic E-state index is 12.2. The Morgan fingerprint density at radius 3 is 2.59 bits per heavy atom. The van der Waals surface area contributed by atoms with Crippen molar-refractivity contribution < 1.29 is 17.9 Å². The lowest BCUT2D eigenvalue weighted by Gasteiger charge is -2.25. The van der Waals surface area contributed by atoms with Crippen molar-refractivity contribution in [2.75, 3.05) is 31.1 Å². The van der Waals surface area contributed by atoms with E-state index in [1.807, 2.05) is 6.92 Å². The number of carbonyl (C=O) groups excluding carboxylic acids is 1. The van der Waals surface area contributed by atoms with E-state index in [9.17, 15) is 22.8 Å². The number of aryl methyl sites for hydroxylation is 2. The minimum atomic E-state index is -3.01. The van der Waals surface area contributed by atoms with Gasteiger partial charge in [0, 0.05) is 26.7 Å². The van der Waals surface area contributed by atoms with E-state index < -0.39 is 27.1 Å². The highest BCUT2D eigenvalue weighted by Crippen LogP contribution is 2.11. The average Bonchev–Trinajstić information content (AvgIpc) is 2.98. The molecule has 0 aromatic carbocycles. The van der Waals surface area contributed by atoms with Gasteiger partial charge in [-0.3, -0.25) is 24.0 Å². The summed E-state index contributed by atoms with van der Waals surface area (Å²) in [5.41, 5.74) is -0.549. The normalized spacial score (nSPS) is 16.9. The highest BCUT2D eigenvalue weighted by molar-refractivity contribution is 7.91. The lowest BCUT2D eigenvalue weighted by atomic mass is 10.3. The van der Waals surface area contributed by atoms with Gasteiger partial charge in [0.2, 0.25) is 0 Å². The number of aromatic amines is 1. The molecule has 29 heavy (non-hydrogen) atoms. The highest BCUT2D eigenvalue weighted by Gasteiger charge is 2.24. The molecule has 1 aliphatic rings. The first-order chi connectivity index (χ1) is 13.7. The number of H-pyrrole nitrogens is 1. The van der Waals surface area contributed by atoms with Crippen LogP contribution in [0.2, 0.25) is 0 Å². The Labute approximate surface area is 167 Å². The van der Waals surface area contributed by atoms with Crippen molar-refractivity contribution in [2.45, 2.75) is 32.9 Å². The Morgan fingerprint density at radius 1 is 1.24 bits per heavy atom. The van der Waals surface area contributed by atoms with Crippen LogP contribution in [0, 0.1) is 0 Å². The predicted octanol–water partition coefficient (Wildman–Crippen LogP) is -1.00. The lowest BCUT2D eigenvalue weighted by Crippen LogP contribution is -2.43. The molecule has 0 aliphatic carbocycles. The Bertz CT molecular complexity index is 1120. The molecule has 0 spiro atoms. The zero-order valence-corrected chi connectivity index (χ0v) is 17.3. The number of sulfone groups is 1. The van der Waals surface area contributed by atoms with Gasteiger partial charge in [-0.25, -0.2) is 18.2 Å². The number of esters is 1. The molecule has 1 aliphatic heterocycles. The van der Waals surface area contributed by atoms with Gasteiger partial charge >= 0.3 is 11.7 Å². The van der Waals surface area contributed by atoms with Gasteiger partial charge in [0.25, 0.3) is 5.56 Å². The van der Waals surface area contributed by atoms with Crippen LogP contribution >= 0.6 is 0 Å². The van der Waals surface area contributed by atoms with Gasteiger partial charge in [0.1, 0.15) is 12.4 Å². The number of nitrogens with one attached hydrogen (secondary N) is 1. The van der Waals surface area contributed by atoms with Crippen LogP contribution < -0.4 is 11.2 Å². The van der Waals surface area contributed by atoms with Crippen LogP contribution in [-0.2, 0) is 39.6 Å². The van der Waals surface area contributed by atoms with Crippen LogP contribution in [0.3, 0.4) is 0 Å². The van der Waals surface area contributed by atoms with Crippen LogP contribution in [0.5, 0.6) is 0 Å². The number of hydrogen-bond donors (Lipinski definition) is 1. The minimum absolute atomic E-state index is 0.0126. The third-order valence-electron chi connectivity index (χ3n) is 4.99. The number of nitrogens with zero attached hydrogens (tertiary/aromatic N) is 4. The molecule has 0 amide bonds. The molecule has 2 aromatic rings. The molecule has 12 heteroatoms. The van der Waals surface area contributed by atoms with Crippen LogP contribution in [0.4, 0.5) is 0 Å². The fraction of sp³-hybridized carbons (Fsp3) is 0.647. The summed E-state index contributed by atoms with van der Waals surface area (Å²) in [7, 11) is -1.39. The summed E-state index contributed by atoms with van der Waals surface area (Å²) in [6.07, 6.45) is 1.63. The lowest BCUT2D eigenvalue weighted by molar-refractivity contribution is -0.146. The Morgan fingerprint density at radius 2 is 1.93 bits per heavy atom. The van der Waals surface area contributed by atoms with Gasteiger partial charge in [-0.05, 0) is 6.42 Å². The van der Waals surface area contributed by atoms with Crippen LogP contribution in [-0.4, -0.2) is 69.5 Å². The number of fused-ring (bicyclic) bond motifs is 1. The van der Waals surface area contributed by atoms with Gasteiger partial charge in [0.15, 0.2) is 21.0 Å². The Balaban J connectivity index is 1.72. The molecule has 0 unspecified atom stereocenters. The largest absolute Gasteiger partial charge is 0.457 e. The SMILES string of the molecule is CCCCn1c(=O)[nH]c(=O)c2c1nc(COC(=O)CN1CCS(=O)(=O)CC1)n2C. The quantitative estimate of drug-likeness (QED) is 0.556. The second kappa shape index (κ2) is 8.49. The first kappa shape index (κ1) is 21.2. The number of hydrogen-bond acceptors (Lipinski definition) is 8. The number of imidazole rings is 1. The molecule has 1 fully saturated rings. The number of ether oxygens (including phenoxy) is 1. The maximum atomic E-state index is 12.2. The molecule has 0 saturated carbocycles.